The lowest BCUT2D eigenvalue weighted by atomic mass is 10.1. The van der Waals surface area contributed by atoms with Gasteiger partial charge in [-0.05, 0) is 32.0 Å². The summed E-state index contributed by atoms with van der Waals surface area (Å²) in [4.78, 5) is 12.9. The molecule has 0 bridgehead atoms. The summed E-state index contributed by atoms with van der Waals surface area (Å²) in [6.07, 6.45) is 2.42. The molecule has 1 aromatic rings. The summed E-state index contributed by atoms with van der Waals surface area (Å²) in [6, 6.07) is 5.30. The second-order valence-corrected chi connectivity index (χ2v) is 5.37. The van der Waals surface area contributed by atoms with Crippen LogP contribution >= 0.6 is 0 Å². The SMILES string of the molecule is CCN(Cc1cc([N+](=O)[O-])ccc1OC)CC1CCCN1. The second-order valence-electron chi connectivity index (χ2n) is 5.37. The Labute approximate surface area is 125 Å². The summed E-state index contributed by atoms with van der Waals surface area (Å²) in [6.45, 7) is 5.73. The van der Waals surface area contributed by atoms with Crippen molar-refractivity contribution in [3.05, 3.63) is 33.9 Å². The highest BCUT2D eigenvalue weighted by atomic mass is 16.6. The van der Waals surface area contributed by atoms with Crippen molar-refractivity contribution in [2.24, 2.45) is 0 Å². The average Bonchev–Trinajstić information content (AvgIpc) is 2.99. The molecule has 1 aromatic carbocycles. The summed E-state index contributed by atoms with van der Waals surface area (Å²) < 4.78 is 5.33. The van der Waals surface area contributed by atoms with E-state index in [1.165, 1.54) is 18.9 Å². The number of likely N-dealkylation sites (N-methyl/N-ethyl adjacent to an activating group) is 1. The first-order valence-electron chi connectivity index (χ1n) is 7.41. The van der Waals surface area contributed by atoms with Gasteiger partial charge in [0.15, 0.2) is 0 Å². The van der Waals surface area contributed by atoms with E-state index < -0.39 is 0 Å². The summed E-state index contributed by atoms with van der Waals surface area (Å²) in [5.74, 6) is 0.707. The van der Waals surface area contributed by atoms with Crippen molar-refractivity contribution in [2.45, 2.75) is 32.4 Å². The number of ether oxygens (including phenoxy) is 1. The van der Waals surface area contributed by atoms with Crippen LogP contribution in [0.4, 0.5) is 5.69 Å². The Morgan fingerprint density at radius 2 is 2.33 bits per heavy atom. The van der Waals surface area contributed by atoms with Gasteiger partial charge >= 0.3 is 0 Å². The monoisotopic (exact) mass is 293 g/mol. The predicted molar refractivity (Wildman–Crippen MR) is 81.6 cm³/mol. The maximum Gasteiger partial charge on any atom is 0.270 e. The van der Waals surface area contributed by atoms with Gasteiger partial charge in [-0.2, -0.15) is 0 Å². The Balaban J connectivity index is 2.10. The first-order valence-corrected chi connectivity index (χ1v) is 7.41. The molecule has 1 aliphatic rings. The molecule has 1 N–H and O–H groups in total. The Hall–Kier alpha value is -1.66. The van der Waals surface area contributed by atoms with E-state index in [1.807, 2.05) is 0 Å². The molecule has 116 valence electrons. The fourth-order valence-corrected chi connectivity index (χ4v) is 2.77. The molecule has 0 amide bonds. The summed E-state index contributed by atoms with van der Waals surface area (Å²) in [5.41, 5.74) is 0.979. The van der Waals surface area contributed by atoms with Crippen LogP contribution in [-0.2, 0) is 6.54 Å². The standard InChI is InChI=1S/C15H23N3O3/c1-3-17(11-13-5-4-8-16-13)10-12-9-14(18(19)20)6-7-15(12)21-2/h6-7,9,13,16H,3-5,8,10-11H2,1-2H3. The number of nitrogens with one attached hydrogen (secondary N) is 1. The molecule has 21 heavy (non-hydrogen) atoms. The van der Waals surface area contributed by atoms with Crippen molar-refractivity contribution in [1.82, 2.24) is 10.2 Å². The van der Waals surface area contributed by atoms with E-state index in [-0.39, 0.29) is 10.6 Å². The highest BCUT2D eigenvalue weighted by Crippen LogP contribution is 2.25. The zero-order valence-corrected chi connectivity index (χ0v) is 12.7. The van der Waals surface area contributed by atoms with Crippen LogP contribution in [0.2, 0.25) is 0 Å². The van der Waals surface area contributed by atoms with Crippen molar-refractivity contribution >= 4 is 5.69 Å². The van der Waals surface area contributed by atoms with Crippen molar-refractivity contribution in [2.75, 3.05) is 26.7 Å². The second kappa shape index (κ2) is 7.38. The predicted octanol–water partition coefficient (Wildman–Crippen LogP) is 2.18. The Bertz CT molecular complexity index is 487. The minimum Gasteiger partial charge on any atom is -0.496 e. The lowest BCUT2D eigenvalue weighted by Gasteiger charge is -2.24. The molecule has 6 heteroatoms. The summed E-state index contributed by atoms with van der Waals surface area (Å²) in [7, 11) is 1.60. The van der Waals surface area contributed by atoms with Crippen LogP contribution in [0.3, 0.4) is 0 Å². The molecular formula is C15H23N3O3. The zero-order chi connectivity index (χ0) is 15.2. The molecule has 1 saturated heterocycles. The van der Waals surface area contributed by atoms with Gasteiger partial charge in [0.1, 0.15) is 5.75 Å². The molecule has 1 atom stereocenters. The molecule has 6 nitrogen and oxygen atoms in total. The van der Waals surface area contributed by atoms with Gasteiger partial charge in [-0.15, -0.1) is 0 Å². The number of hydrogen-bond acceptors (Lipinski definition) is 5. The van der Waals surface area contributed by atoms with Gasteiger partial charge in [0.2, 0.25) is 0 Å². The quantitative estimate of drug-likeness (QED) is 0.616. The fourth-order valence-electron chi connectivity index (χ4n) is 2.77. The number of benzene rings is 1. The van der Waals surface area contributed by atoms with E-state index >= 15 is 0 Å². The van der Waals surface area contributed by atoms with Crippen LogP contribution in [0.1, 0.15) is 25.3 Å². The molecule has 1 aliphatic heterocycles. The first kappa shape index (κ1) is 15.7. The topological polar surface area (TPSA) is 67.6 Å². The minimum atomic E-state index is -0.363. The molecule has 1 unspecified atom stereocenters. The van der Waals surface area contributed by atoms with E-state index in [4.69, 9.17) is 4.74 Å². The van der Waals surface area contributed by atoms with Crippen LogP contribution in [0, 0.1) is 10.1 Å². The van der Waals surface area contributed by atoms with Crippen LogP contribution in [0.25, 0.3) is 0 Å². The molecule has 1 heterocycles. The Morgan fingerprint density at radius 1 is 1.52 bits per heavy atom. The summed E-state index contributed by atoms with van der Waals surface area (Å²) in [5, 5.41) is 14.4. The molecule has 0 radical (unpaired) electrons. The molecule has 0 aliphatic carbocycles. The molecule has 1 fully saturated rings. The van der Waals surface area contributed by atoms with Gasteiger partial charge < -0.3 is 10.1 Å². The smallest absolute Gasteiger partial charge is 0.270 e. The number of rotatable bonds is 7. The first-order chi connectivity index (χ1) is 10.1. The highest BCUT2D eigenvalue weighted by molar-refractivity contribution is 5.43. The van der Waals surface area contributed by atoms with E-state index in [9.17, 15) is 10.1 Å². The van der Waals surface area contributed by atoms with E-state index in [0.717, 1.165) is 25.2 Å². The lowest BCUT2D eigenvalue weighted by molar-refractivity contribution is -0.384. The van der Waals surface area contributed by atoms with E-state index in [1.54, 1.807) is 19.2 Å². The van der Waals surface area contributed by atoms with Crippen molar-refractivity contribution in [1.29, 1.82) is 0 Å². The van der Waals surface area contributed by atoms with Gasteiger partial charge in [-0.25, -0.2) is 0 Å². The van der Waals surface area contributed by atoms with E-state index in [2.05, 4.69) is 17.1 Å². The number of hydrogen-bond donors (Lipinski definition) is 1. The zero-order valence-electron chi connectivity index (χ0n) is 12.7. The van der Waals surface area contributed by atoms with Gasteiger partial charge in [0, 0.05) is 36.8 Å². The number of nitro groups is 1. The number of nitro benzene ring substituents is 1. The van der Waals surface area contributed by atoms with Gasteiger partial charge in [0.25, 0.3) is 5.69 Å². The maximum atomic E-state index is 10.9. The molecule has 0 saturated carbocycles. The normalized spacial score (nSPS) is 18.1. The maximum absolute atomic E-state index is 10.9. The number of nitrogens with zero attached hydrogens (tertiary/aromatic N) is 2. The van der Waals surface area contributed by atoms with Crippen LogP contribution in [0.15, 0.2) is 18.2 Å². The number of methoxy groups -OCH3 is 1. The fraction of sp³-hybridized carbons (Fsp3) is 0.600. The average molecular weight is 293 g/mol. The van der Waals surface area contributed by atoms with Gasteiger partial charge in [-0.3, -0.25) is 15.0 Å². The summed E-state index contributed by atoms with van der Waals surface area (Å²) >= 11 is 0. The minimum absolute atomic E-state index is 0.112. The van der Waals surface area contributed by atoms with Crippen LogP contribution < -0.4 is 10.1 Å². The van der Waals surface area contributed by atoms with Gasteiger partial charge in [-0.1, -0.05) is 6.92 Å². The molecule has 2 rings (SSSR count). The van der Waals surface area contributed by atoms with Crippen LogP contribution in [0.5, 0.6) is 5.75 Å². The van der Waals surface area contributed by atoms with Gasteiger partial charge in [0.05, 0.1) is 12.0 Å². The van der Waals surface area contributed by atoms with Crippen molar-refractivity contribution in [3.63, 3.8) is 0 Å². The van der Waals surface area contributed by atoms with Crippen LogP contribution in [-0.4, -0.2) is 42.6 Å². The van der Waals surface area contributed by atoms with Crippen molar-refractivity contribution in [3.8, 4) is 5.75 Å². The highest BCUT2D eigenvalue weighted by Gasteiger charge is 2.19. The van der Waals surface area contributed by atoms with E-state index in [0.29, 0.717) is 18.3 Å². The lowest BCUT2D eigenvalue weighted by Crippen LogP contribution is -2.37. The third-order valence-electron chi connectivity index (χ3n) is 3.96. The number of non-ortho nitro benzene ring substituents is 1. The largest absolute Gasteiger partial charge is 0.496 e. The molecular weight excluding hydrogens is 270 g/mol. The third-order valence-corrected chi connectivity index (χ3v) is 3.96. The third kappa shape index (κ3) is 4.15. The van der Waals surface area contributed by atoms with Crippen molar-refractivity contribution < 1.29 is 9.66 Å². The molecule has 0 spiro atoms. The molecule has 0 aromatic heterocycles. The Morgan fingerprint density at radius 3 is 2.90 bits per heavy atom. The Kier molecular flexibility index (Phi) is 5.52.